The summed E-state index contributed by atoms with van der Waals surface area (Å²) in [6, 6.07) is 16.1. The van der Waals surface area contributed by atoms with Crippen LogP contribution < -0.4 is 4.74 Å². The molecule has 3 aromatic carbocycles. The molecule has 0 heterocycles. The van der Waals surface area contributed by atoms with E-state index in [1.807, 2.05) is 36.4 Å². The summed E-state index contributed by atoms with van der Waals surface area (Å²) in [5.74, 6) is 0.863. The Balaban J connectivity index is 2.11. The molecule has 3 aromatic rings. The van der Waals surface area contributed by atoms with Crippen LogP contribution in [0.5, 0.6) is 5.75 Å². The summed E-state index contributed by atoms with van der Waals surface area (Å²) >= 11 is 0. The van der Waals surface area contributed by atoms with Crippen molar-refractivity contribution in [3.63, 3.8) is 0 Å². The molecule has 0 fully saturated rings. The van der Waals surface area contributed by atoms with Crippen LogP contribution in [0.3, 0.4) is 0 Å². The third-order valence-corrected chi connectivity index (χ3v) is 4.03. The van der Waals surface area contributed by atoms with E-state index in [0.717, 1.165) is 46.6 Å². The number of carbonyl (C=O) groups excluding carboxylic acids is 1. The van der Waals surface area contributed by atoms with E-state index in [4.69, 9.17) is 4.74 Å². The quantitative estimate of drug-likeness (QED) is 0.346. The van der Waals surface area contributed by atoms with Gasteiger partial charge in [0.25, 0.3) is 0 Å². The van der Waals surface area contributed by atoms with Crippen molar-refractivity contribution < 1.29 is 9.53 Å². The number of rotatable bonds is 6. The Bertz CT molecular complexity index is 805. The van der Waals surface area contributed by atoms with Crippen LogP contribution in [0.2, 0.25) is 0 Å². The Hall–Kier alpha value is -2.35. The summed E-state index contributed by atoms with van der Waals surface area (Å²) < 4.78 is 5.95. The van der Waals surface area contributed by atoms with Crippen LogP contribution in [0, 0.1) is 0 Å². The number of hydrogen-bond acceptors (Lipinski definition) is 2. The zero-order valence-electron chi connectivity index (χ0n) is 12.8. The fraction of sp³-hybridized carbons (Fsp3) is 0.250. The Labute approximate surface area is 130 Å². The maximum absolute atomic E-state index is 11.4. The van der Waals surface area contributed by atoms with Crippen molar-refractivity contribution in [1.29, 1.82) is 0 Å². The Kier molecular flexibility index (Phi) is 4.38. The van der Waals surface area contributed by atoms with Crippen molar-refractivity contribution in [2.45, 2.75) is 26.2 Å². The van der Waals surface area contributed by atoms with E-state index < -0.39 is 0 Å². The average Bonchev–Trinajstić information content (AvgIpc) is 2.58. The summed E-state index contributed by atoms with van der Waals surface area (Å²) in [4.78, 5) is 11.4. The van der Waals surface area contributed by atoms with E-state index in [9.17, 15) is 4.79 Å². The van der Waals surface area contributed by atoms with Gasteiger partial charge in [0.15, 0.2) is 6.29 Å². The number of fused-ring (bicyclic) bond motifs is 3. The van der Waals surface area contributed by atoms with Crippen molar-refractivity contribution in [3.05, 3.63) is 54.1 Å². The van der Waals surface area contributed by atoms with Crippen molar-refractivity contribution in [2.75, 3.05) is 6.61 Å². The second-order valence-electron chi connectivity index (χ2n) is 5.54. The van der Waals surface area contributed by atoms with E-state index >= 15 is 0 Å². The molecule has 2 nitrogen and oxygen atoms in total. The van der Waals surface area contributed by atoms with Crippen LogP contribution in [0.4, 0.5) is 0 Å². The highest BCUT2D eigenvalue weighted by atomic mass is 16.5. The minimum Gasteiger partial charge on any atom is -0.493 e. The highest BCUT2D eigenvalue weighted by Gasteiger charge is 2.09. The molecular weight excluding hydrogens is 272 g/mol. The van der Waals surface area contributed by atoms with Gasteiger partial charge in [0.2, 0.25) is 0 Å². The van der Waals surface area contributed by atoms with Crippen LogP contribution in [0.25, 0.3) is 21.5 Å². The lowest BCUT2D eigenvalue weighted by molar-refractivity contribution is 0.112. The third kappa shape index (κ3) is 2.69. The first-order chi connectivity index (χ1) is 10.8. The van der Waals surface area contributed by atoms with Gasteiger partial charge in [0.1, 0.15) is 5.75 Å². The molecule has 0 saturated heterocycles. The van der Waals surface area contributed by atoms with Crippen molar-refractivity contribution in [2.24, 2.45) is 0 Å². The smallest absolute Gasteiger partial charge is 0.150 e. The van der Waals surface area contributed by atoms with Gasteiger partial charge in [-0.2, -0.15) is 0 Å². The second kappa shape index (κ2) is 6.61. The summed E-state index contributed by atoms with van der Waals surface area (Å²) in [5, 5.41) is 4.24. The second-order valence-corrected chi connectivity index (χ2v) is 5.54. The van der Waals surface area contributed by atoms with E-state index in [2.05, 4.69) is 19.1 Å². The zero-order valence-corrected chi connectivity index (χ0v) is 12.8. The van der Waals surface area contributed by atoms with Crippen LogP contribution in [-0.2, 0) is 0 Å². The van der Waals surface area contributed by atoms with Crippen molar-refractivity contribution in [1.82, 2.24) is 0 Å². The number of ether oxygens (including phenoxy) is 1. The molecule has 0 N–H and O–H groups in total. The third-order valence-electron chi connectivity index (χ3n) is 4.03. The maximum atomic E-state index is 11.4. The van der Waals surface area contributed by atoms with E-state index in [1.54, 1.807) is 0 Å². The van der Waals surface area contributed by atoms with Crippen LogP contribution in [0.1, 0.15) is 36.5 Å². The lowest BCUT2D eigenvalue weighted by Crippen LogP contribution is -1.98. The molecule has 0 aliphatic heterocycles. The predicted octanol–water partition coefficient (Wildman–Crippen LogP) is 5.37. The molecule has 0 unspecified atom stereocenters. The van der Waals surface area contributed by atoms with Gasteiger partial charge in [-0.05, 0) is 34.7 Å². The Morgan fingerprint density at radius 3 is 2.41 bits per heavy atom. The monoisotopic (exact) mass is 292 g/mol. The predicted molar refractivity (Wildman–Crippen MR) is 91.9 cm³/mol. The van der Waals surface area contributed by atoms with Gasteiger partial charge in [0, 0.05) is 10.9 Å². The fourth-order valence-electron chi connectivity index (χ4n) is 2.89. The Morgan fingerprint density at radius 2 is 1.64 bits per heavy atom. The SMILES string of the molecule is CCCCCOc1cccc2c1cc(C=O)c1ccccc12. The molecule has 2 heteroatoms. The van der Waals surface area contributed by atoms with Gasteiger partial charge in [-0.1, -0.05) is 56.2 Å². The van der Waals surface area contributed by atoms with Crippen molar-refractivity contribution >= 4 is 27.8 Å². The average molecular weight is 292 g/mol. The molecule has 0 amide bonds. The van der Waals surface area contributed by atoms with Crippen LogP contribution in [-0.4, -0.2) is 12.9 Å². The lowest BCUT2D eigenvalue weighted by atomic mass is 9.97. The summed E-state index contributed by atoms with van der Waals surface area (Å²) in [7, 11) is 0. The number of unbranched alkanes of at least 4 members (excludes halogenated alkanes) is 2. The molecule has 22 heavy (non-hydrogen) atoms. The molecule has 0 aromatic heterocycles. The van der Waals surface area contributed by atoms with Gasteiger partial charge in [-0.3, -0.25) is 4.79 Å². The lowest BCUT2D eigenvalue weighted by Gasteiger charge is -2.12. The normalized spacial score (nSPS) is 11.0. The van der Waals surface area contributed by atoms with E-state index in [1.165, 1.54) is 12.8 Å². The highest BCUT2D eigenvalue weighted by Crippen LogP contribution is 2.33. The minimum atomic E-state index is 0.715. The van der Waals surface area contributed by atoms with E-state index in [0.29, 0.717) is 5.56 Å². The largest absolute Gasteiger partial charge is 0.493 e. The standard InChI is InChI=1S/C20H20O2/c1-2-3-6-12-22-20-11-7-10-18-17-9-5-4-8-16(17)15(14-21)13-19(18)20/h4-5,7-11,13-14H,2-3,6,12H2,1H3. The molecule has 3 rings (SSSR count). The summed E-state index contributed by atoms with van der Waals surface area (Å²) in [6.07, 6.45) is 4.34. The first kappa shape index (κ1) is 14.6. The van der Waals surface area contributed by atoms with Gasteiger partial charge in [-0.25, -0.2) is 0 Å². The Morgan fingerprint density at radius 1 is 0.909 bits per heavy atom. The number of aldehydes is 1. The maximum Gasteiger partial charge on any atom is 0.150 e. The molecule has 0 bridgehead atoms. The molecule has 0 aliphatic carbocycles. The number of hydrogen-bond donors (Lipinski definition) is 0. The van der Waals surface area contributed by atoms with Crippen LogP contribution in [0.15, 0.2) is 48.5 Å². The highest BCUT2D eigenvalue weighted by molar-refractivity contribution is 6.14. The summed E-state index contributed by atoms with van der Waals surface area (Å²) in [5.41, 5.74) is 0.715. The molecular formula is C20H20O2. The van der Waals surface area contributed by atoms with Gasteiger partial charge < -0.3 is 4.74 Å². The van der Waals surface area contributed by atoms with E-state index in [-0.39, 0.29) is 0 Å². The molecule has 0 saturated carbocycles. The molecule has 0 atom stereocenters. The summed E-state index contributed by atoms with van der Waals surface area (Å²) in [6.45, 7) is 2.90. The first-order valence-corrected chi connectivity index (χ1v) is 7.87. The number of benzene rings is 3. The first-order valence-electron chi connectivity index (χ1n) is 7.87. The van der Waals surface area contributed by atoms with Crippen molar-refractivity contribution in [3.8, 4) is 5.75 Å². The van der Waals surface area contributed by atoms with Gasteiger partial charge in [0.05, 0.1) is 6.61 Å². The topological polar surface area (TPSA) is 26.3 Å². The number of carbonyl (C=O) groups is 1. The zero-order chi connectivity index (χ0) is 15.4. The molecule has 0 aliphatic rings. The molecule has 0 spiro atoms. The van der Waals surface area contributed by atoms with Gasteiger partial charge >= 0.3 is 0 Å². The van der Waals surface area contributed by atoms with Gasteiger partial charge in [-0.15, -0.1) is 0 Å². The van der Waals surface area contributed by atoms with Crippen LogP contribution >= 0.6 is 0 Å². The molecule has 112 valence electrons. The molecule has 0 radical (unpaired) electrons. The fourth-order valence-corrected chi connectivity index (χ4v) is 2.89. The minimum absolute atomic E-state index is 0.715.